The molecule has 2 aromatic carbocycles. The van der Waals surface area contributed by atoms with Crippen LogP contribution in [-0.4, -0.2) is 18.6 Å². The van der Waals surface area contributed by atoms with Gasteiger partial charge in [0.1, 0.15) is 18.2 Å². The molecular formula is C27H29N3O3. The predicted octanol–water partition coefficient (Wildman–Crippen LogP) is 5.14. The molecule has 1 aliphatic carbocycles. The van der Waals surface area contributed by atoms with Crippen LogP contribution in [-0.2, 0) is 11.4 Å². The highest BCUT2D eigenvalue weighted by atomic mass is 16.5. The zero-order chi connectivity index (χ0) is 23.6. The maximum absolute atomic E-state index is 12.7. The van der Waals surface area contributed by atoms with Crippen molar-refractivity contribution >= 4 is 12.0 Å². The molecule has 0 aliphatic heterocycles. The number of nitrogens with one attached hydrogen (secondary N) is 1. The fourth-order valence-corrected chi connectivity index (χ4v) is 4.00. The van der Waals surface area contributed by atoms with E-state index < -0.39 is 0 Å². The standard InChI is InChI=1S/C27H29N3O3/c1-3-32-26-15-20(12-13-25(26)33-18-22-10-6-5-9-21(22)16-28)14-23(17-29)27(31)30-24-11-7-4-8-19(24)2/h5-6,9-10,12-15,19,24H,3-4,7-8,11,18H2,1-2H3,(H,30,31)/b23-14+/t19-,24+/m0/s1. The summed E-state index contributed by atoms with van der Waals surface area (Å²) in [6.07, 6.45) is 5.89. The van der Waals surface area contributed by atoms with E-state index in [4.69, 9.17) is 9.47 Å². The summed E-state index contributed by atoms with van der Waals surface area (Å²) in [5.74, 6) is 1.11. The third-order valence-corrected chi connectivity index (χ3v) is 5.89. The molecule has 2 atom stereocenters. The lowest BCUT2D eigenvalue weighted by molar-refractivity contribution is -0.118. The van der Waals surface area contributed by atoms with Crippen molar-refractivity contribution in [1.82, 2.24) is 5.32 Å². The van der Waals surface area contributed by atoms with E-state index in [0.29, 0.717) is 35.2 Å². The summed E-state index contributed by atoms with van der Waals surface area (Å²) in [5, 5.41) is 21.9. The highest BCUT2D eigenvalue weighted by Gasteiger charge is 2.24. The summed E-state index contributed by atoms with van der Waals surface area (Å²) in [5.41, 5.74) is 2.08. The van der Waals surface area contributed by atoms with Crippen molar-refractivity contribution in [2.24, 2.45) is 5.92 Å². The monoisotopic (exact) mass is 443 g/mol. The van der Waals surface area contributed by atoms with Gasteiger partial charge in [-0.2, -0.15) is 10.5 Å². The number of rotatable bonds is 8. The fraction of sp³-hybridized carbons (Fsp3) is 0.370. The highest BCUT2D eigenvalue weighted by Crippen LogP contribution is 2.30. The zero-order valence-electron chi connectivity index (χ0n) is 19.1. The molecule has 0 spiro atoms. The Kier molecular flexibility index (Phi) is 8.49. The van der Waals surface area contributed by atoms with Gasteiger partial charge in [0.05, 0.1) is 18.2 Å². The van der Waals surface area contributed by atoms with E-state index in [2.05, 4.69) is 18.3 Å². The smallest absolute Gasteiger partial charge is 0.262 e. The molecule has 1 aliphatic rings. The highest BCUT2D eigenvalue weighted by molar-refractivity contribution is 6.01. The van der Waals surface area contributed by atoms with Crippen LogP contribution in [0.5, 0.6) is 11.5 Å². The number of amides is 1. The van der Waals surface area contributed by atoms with Gasteiger partial charge in [0.15, 0.2) is 11.5 Å². The van der Waals surface area contributed by atoms with E-state index in [1.54, 1.807) is 30.3 Å². The number of nitrogens with zero attached hydrogens (tertiary/aromatic N) is 2. The lowest BCUT2D eigenvalue weighted by Crippen LogP contribution is -2.41. The minimum absolute atomic E-state index is 0.0619. The Morgan fingerprint density at radius 3 is 2.64 bits per heavy atom. The van der Waals surface area contributed by atoms with Crippen molar-refractivity contribution in [2.75, 3.05) is 6.61 Å². The number of hydrogen-bond acceptors (Lipinski definition) is 5. The molecule has 2 aromatic rings. The number of ether oxygens (including phenoxy) is 2. The third-order valence-electron chi connectivity index (χ3n) is 5.89. The summed E-state index contributed by atoms with van der Waals surface area (Å²) in [6, 6.07) is 16.8. The molecule has 3 rings (SSSR count). The summed E-state index contributed by atoms with van der Waals surface area (Å²) >= 11 is 0. The minimum Gasteiger partial charge on any atom is -0.490 e. The van der Waals surface area contributed by atoms with E-state index in [9.17, 15) is 15.3 Å². The third kappa shape index (κ3) is 6.37. The van der Waals surface area contributed by atoms with Crippen LogP contribution >= 0.6 is 0 Å². The molecule has 0 unspecified atom stereocenters. The summed E-state index contributed by atoms with van der Waals surface area (Å²) in [7, 11) is 0. The van der Waals surface area contributed by atoms with Crippen LogP contribution in [0.1, 0.15) is 56.2 Å². The second-order valence-electron chi connectivity index (χ2n) is 8.21. The Hall–Kier alpha value is -3.77. The molecule has 1 fully saturated rings. The van der Waals surface area contributed by atoms with Crippen LogP contribution in [0, 0.1) is 28.6 Å². The molecule has 1 saturated carbocycles. The number of carbonyl (C=O) groups excluding carboxylic acids is 1. The fourth-order valence-electron chi connectivity index (χ4n) is 4.00. The van der Waals surface area contributed by atoms with Gasteiger partial charge in [0, 0.05) is 11.6 Å². The minimum atomic E-state index is -0.345. The van der Waals surface area contributed by atoms with Crippen molar-refractivity contribution in [3.63, 3.8) is 0 Å². The molecule has 1 amide bonds. The maximum Gasteiger partial charge on any atom is 0.262 e. The van der Waals surface area contributed by atoms with Crippen molar-refractivity contribution in [2.45, 2.75) is 52.2 Å². The predicted molar refractivity (Wildman–Crippen MR) is 126 cm³/mol. The van der Waals surface area contributed by atoms with Crippen LogP contribution in [0.2, 0.25) is 0 Å². The first-order valence-corrected chi connectivity index (χ1v) is 11.4. The summed E-state index contributed by atoms with van der Waals surface area (Å²) in [6.45, 7) is 4.67. The molecule has 0 saturated heterocycles. The van der Waals surface area contributed by atoms with Crippen LogP contribution in [0.15, 0.2) is 48.0 Å². The van der Waals surface area contributed by atoms with Crippen molar-refractivity contribution in [3.8, 4) is 23.6 Å². The molecule has 6 nitrogen and oxygen atoms in total. The van der Waals surface area contributed by atoms with Gasteiger partial charge in [-0.05, 0) is 55.5 Å². The second kappa shape index (κ2) is 11.7. The average molecular weight is 444 g/mol. The maximum atomic E-state index is 12.7. The molecule has 33 heavy (non-hydrogen) atoms. The van der Waals surface area contributed by atoms with Gasteiger partial charge in [-0.1, -0.05) is 44.0 Å². The first-order valence-electron chi connectivity index (χ1n) is 11.4. The average Bonchev–Trinajstić information content (AvgIpc) is 2.83. The molecule has 170 valence electrons. The van der Waals surface area contributed by atoms with Crippen LogP contribution < -0.4 is 14.8 Å². The van der Waals surface area contributed by atoms with Crippen molar-refractivity contribution < 1.29 is 14.3 Å². The van der Waals surface area contributed by atoms with Gasteiger partial charge in [0.25, 0.3) is 5.91 Å². The number of nitriles is 2. The molecular weight excluding hydrogens is 414 g/mol. The van der Waals surface area contributed by atoms with E-state index in [0.717, 1.165) is 24.8 Å². The second-order valence-corrected chi connectivity index (χ2v) is 8.21. The first kappa shape index (κ1) is 23.9. The Bertz CT molecular complexity index is 1090. The van der Waals surface area contributed by atoms with Gasteiger partial charge in [-0.15, -0.1) is 0 Å². The molecule has 1 N–H and O–H groups in total. The molecule has 6 heteroatoms. The lowest BCUT2D eigenvalue weighted by atomic mass is 9.86. The Labute approximate surface area is 195 Å². The van der Waals surface area contributed by atoms with Crippen LogP contribution in [0.3, 0.4) is 0 Å². The van der Waals surface area contributed by atoms with Crippen LogP contribution in [0.4, 0.5) is 0 Å². The van der Waals surface area contributed by atoms with Gasteiger partial charge < -0.3 is 14.8 Å². The van der Waals surface area contributed by atoms with Gasteiger partial charge in [-0.3, -0.25) is 4.79 Å². The molecule has 0 aromatic heterocycles. The molecule has 0 bridgehead atoms. The summed E-state index contributed by atoms with van der Waals surface area (Å²) < 4.78 is 11.7. The first-order chi connectivity index (χ1) is 16.0. The number of hydrogen-bond donors (Lipinski definition) is 1. The van der Waals surface area contributed by atoms with Gasteiger partial charge in [0.2, 0.25) is 0 Å². The topological polar surface area (TPSA) is 95.1 Å². The Balaban J connectivity index is 1.76. The number of benzene rings is 2. The SMILES string of the molecule is CCOc1cc(/C=C(\C#N)C(=O)N[C@@H]2CCCC[C@@H]2C)ccc1OCc1ccccc1C#N. The van der Waals surface area contributed by atoms with E-state index >= 15 is 0 Å². The molecule has 0 radical (unpaired) electrons. The van der Waals surface area contributed by atoms with Gasteiger partial charge in [-0.25, -0.2) is 0 Å². The summed E-state index contributed by atoms with van der Waals surface area (Å²) in [4.78, 5) is 12.7. The van der Waals surface area contributed by atoms with E-state index in [1.807, 2.05) is 31.2 Å². The zero-order valence-corrected chi connectivity index (χ0v) is 19.1. The van der Waals surface area contributed by atoms with E-state index in [1.165, 1.54) is 6.42 Å². The Morgan fingerprint density at radius 2 is 1.91 bits per heavy atom. The van der Waals surface area contributed by atoms with Gasteiger partial charge >= 0.3 is 0 Å². The van der Waals surface area contributed by atoms with Crippen molar-refractivity contribution in [1.29, 1.82) is 10.5 Å². The van der Waals surface area contributed by atoms with Crippen molar-refractivity contribution in [3.05, 3.63) is 64.7 Å². The van der Waals surface area contributed by atoms with E-state index in [-0.39, 0.29) is 24.1 Å². The largest absolute Gasteiger partial charge is 0.490 e. The van der Waals surface area contributed by atoms with Crippen LogP contribution in [0.25, 0.3) is 6.08 Å². The number of carbonyl (C=O) groups is 1. The Morgan fingerprint density at radius 1 is 1.12 bits per heavy atom. The normalized spacial score (nSPS) is 18.0. The lowest BCUT2D eigenvalue weighted by Gasteiger charge is -2.29. The molecule has 0 heterocycles. The quantitative estimate of drug-likeness (QED) is 0.450.